The van der Waals surface area contributed by atoms with Crippen LogP contribution in [0.25, 0.3) is 11.1 Å². The molecule has 0 spiro atoms. The van der Waals surface area contributed by atoms with Crippen molar-refractivity contribution in [1.82, 2.24) is 9.78 Å². The maximum Gasteiger partial charge on any atom is 0.240 e. The fraction of sp³-hybridized carbons (Fsp3) is 0.550. The van der Waals surface area contributed by atoms with E-state index in [0.29, 0.717) is 12.0 Å². The normalized spacial score (nSPS) is 11.1. The third kappa shape index (κ3) is 3.46. The Labute approximate surface area is 160 Å². The maximum atomic E-state index is 5.68. The molecule has 1 aromatic carbocycles. The van der Waals surface area contributed by atoms with Gasteiger partial charge in [-0.15, -0.1) is 5.10 Å². The number of benzene rings is 1. The molecule has 0 aliphatic heterocycles. The molecule has 0 aliphatic rings. The second-order valence-corrected chi connectivity index (χ2v) is 7.10. The van der Waals surface area contributed by atoms with Crippen LogP contribution in [-0.4, -0.2) is 16.9 Å². The van der Waals surface area contributed by atoms with Gasteiger partial charge in [0.15, 0.2) is 0 Å². The van der Waals surface area contributed by atoms with Gasteiger partial charge in [-0.2, -0.15) is 0 Å². The van der Waals surface area contributed by atoms with Crippen LogP contribution < -0.4 is 4.74 Å². The molecular weight excluding hydrogens is 391 g/mol. The molecule has 0 saturated heterocycles. The van der Waals surface area contributed by atoms with E-state index in [1.807, 2.05) is 0 Å². The first kappa shape index (κ1) is 20.9. The van der Waals surface area contributed by atoms with Crippen molar-refractivity contribution in [1.29, 1.82) is 0 Å². The van der Waals surface area contributed by atoms with Crippen LogP contribution in [0.15, 0.2) is 6.07 Å². The molecule has 3 nitrogen and oxygen atoms in total. The van der Waals surface area contributed by atoms with E-state index in [2.05, 4.69) is 66.1 Å². The second-order valence-electron chi connectivity index (χ2n) is 7.10. The quantitative estimate of drug-likeness (QED) is 0.611. The SMILES string of the molecule is COc1nn(C(C)C)c(C(C)C)c1-c1c(C)c(C)cc(C)c1C.[Pd]. The van der Waals surface area contributed by atoms with Crippen LogP contribution in [0.1, 0.15) is 67.6 Å². The molecular formula is C20H30N2OPd. The first-order chi connectivity index (χ1) is 10.7. The average molecular weight is 421 g/mol. The number of methoxy groups -OCH3 is 1. The molecule has 0 atom stereocenters. The smallest absolute Gasteiger partial charge is 0.240 e. The van der Waals surface area contributed by atoms with Gasteiger partial charge in [0, 0.05) is 26.5 Å². The molecule has 0 aliphatic carbocycles. The van der Waals surface area contributed by atoms with Crippen molar-refractivity contribution in [2.75, 3.05) is 7.11 Å². The summed E-state index contributed by atoms with van der Waals surface area (Å²) in [5, 5.41) is 4.76. The van der Waals surface area contributed by atoms with Gasteiger partial charge in [-0.05, 0) is 75.3 Å². The van der Waals surface area contributed by atoms with Crippen LogP contribution in [0.5, 0.6) is 5.88 Å². The molecule has 0 amide bonds. The number of nitrogens with zero attached hydrogens (tertiary/aromatic N) is 2. The van der Waals surface area contributed by atoms with Gasteiger partial charge < -0.3 is 4.74 Å². The van der Waals surface area contributed by atoms with Gasteiger partial charge in [0.1, 0.15) is 0 Å². The van der Waals surface area contributed by atoms with Gasteiger partial charge in [0.2, 0.25) is 5.88 Å². The minimum absolute atomic E-state index is 0. The molecule has 0 radical (unpaired) electrons. The molecule has 1 aromatic heterocycles. The van der Waals surface area contributed by atoms with E-state index in [1.165, 1.54) is 33.5 Å². The van der Waals surface area contributed by atoms with E-state index < -0.39 is 0 Å². The third-order valence-corrected chi connectivity index (χ3v) is 4.76. The summed E-state index contributed by atoms with van der Waals surface area (Å²) in [5.41, 5.74) is 8.98. The molecule has 1 heterocycles. The molecule has 136 valence electrons. The van der Waals surface area contributed by atoms with E-state index in [4.69, 9.17) is 9.84 Å². The first-order valence-corrected chi connectivity index (χ1v) is 8.44. The molecule has 24 heavy (non-hydrogen) atoms. The topological polar surface area (TPSA) is 27.1 Å². The van der Waals surface area contributed by atoms with Gasteiger partial charge in [-0.3, -0.25) is 4.68 Å². The Morgan fingerprint density at radius 1 is 0.917 bits per heavy atom. The molecule has 0 unspecified atom stereocenters. The number of rotatable bonds is 4. The summed E-state index contributed by atoms with van der Waals surface area (Å²) in [6, 6.07) is 2.57. The molecule has 2 rings (SSSR count). The van der Waals surface area contributed by atoms with Crippen LogP contribution in [-0.2, 0) is 20.4 Å². The van der Waals surface area contributed by atoms with E-state index >= 15 is 0 Å². The van der Waals surface area contributed by atoms with E-state index in [0.717, 1.165) is 11.4 Å². The van der Waals surface area contributed by atoms with Gasteiger partial charge in [-0.25, -0.2) is 0 Å². The van der Waals surface area contributed by atoms with Gasteiger partial charge in [-0.1, -0.05) is 19.9 Å². The Balaban J connectivity index is 0.00000288. The molecule has 0 N–H and O–H groups in total. The van der Waals surface area contributed by atoms with Crippen molar-refractivity contribution >= 4 is 0 Å². The standard InChI is InChI=1S/C20H30N2O.Pd/c1-11(2)19-18(20(23-9)21-22(19)12(3)4)17-15(7)13(5)10-14(6)16(17)8;/h10-12H,1-9H3;. The second kappa shape index (κ2) is 7.85. The van der Waals surface area contributed by atoms with Crippen LogP contribution in [0, 0.1) is 27.7 Å². The minimum Gasteiger partial charge on any atom is -0.479 e. The Morgan fingerprint density at radius 2 is 1.42 bits per heavy atom. The Morgan fingerprint density at radius 3 is 1.79 bits per heavy atom. The zero-order valence-corrected chi connectivity index (χ0v) is 17.9. The fourth-order valence-electron chi connectivity index (χ4n) is 3.34. The summed E-state index contributed by atoms with van der Waals surface area (Å²) < 4.78 is 7.80. The summed E-state index contributed by atoms with van der Waals surface area (Å²) >= 11 is 0. The van der Waals surface area contributed by atoms with Crippen molar-refractivity contribution < 1.29 is 25.2 Å². The fourth-order valence-corrected chi connectivity index (χ4v) is 3.34. The number of aryl methyl sites for hydroxylation is 2. The van der Waals surface area contributed by atoms with Crippen molar-refractivity contribution in [2.24, 2.45) is 0 Å². The first-order valence-electron chi connectivity index (χ1n) is 8.44. The van der Waals surface area contributed by atoms with Crippen molar-refractivity contribution in [3.63, 3.8) is 0 Å². The van der Waals surface area contributed by atoms with E-state index in [1.54, 1.807) is 7.11 Å². The number of ether oxygens (including phenoxy) is 1. The predicted molar refractivity (Wildman–Crippen MR) is 97.6 cm³/mol. The number of hydrogen-bond acceptors (Lipinski definition) is 2. The summed E-state index contributed by atoms with van der Waals surface area (Å²) in [6.07, 6.45) is 0. The molecule has 4 heteroatoms. The van der Waals surface area contributed by atoms with Crippen molar-refractivity contribution in [2.45, 2.75) is 67.3 Å². The zero-order valence-electron chi connectivity index (χ0n) is 16.4. The molecule has 0 saturated carbocycles. The Hall–Kier alpha value is -1.11. The van der Waals surface area contributed by atoms with Crippen LogP contribution in [0.3, 0.4) is 0 Å². The van der Waals surface area contributed by atoms with E-state index in [9.17, 15) is 0 Å². The number of aromatic nitrogens is 2. The van der Waals surface area contributed by atoms with Crippen LogP contribution >= 0.6 is 0 Å². The Kier molecular flexibility index (Phi) is 6.85. The summed E-state index contributed by atoms with van der Waals surface area (Å²) in [5.74, 6) is 1.11. The third-order valence-electron chi connectivity index (χ3n) is 4.76. The molecule has 0 fully saturated rings. The summed E-state index contributed by atoms with van der Waals surface area (Å²) in [4.78, 5) is 0. The summed E-state index contributed by atoms with van der Waals surface area (Å²) in [7, 11) is 1.72. The van der Waals surface area contributed by atoms with Gasteiger partial charge in [0.25, 0.3) is 0 Å². The van der Waals surface area contributed by atoms with Gasteiger partial charge >= 0.3 is 0 Å². The minimum atomic E-state index is 0. The molecule has 2 aromatic rings. The zero-order chi connectivity index (χ0) is 17.5. The van der Waals surface area contributed by atoms with E-state index in [-0.39, 0.29) is 20.4 Å². The Bertz CT molecular complexity index is 704. The monoisotopic (exact) mass is 420 g/mol. The van der Waals surface area contributed by atoms with Crippen LogP contribution in [0.4, 0.5) is 0 Å². The summed E-state index contributed by atoms with van der Waals surface area (Å²) in [6.45, 7) is 17.6. The van der Waals surface area contributed by atoms with Crippen molar-refractivity contribution in [3.8, 4) is 17.0 Å². The van der Waals surface area contributed by atoms with Crippen molar-refractivity contribution in [3.05, 3.63) is 34.0 Å². The molecule has 0 bridgehead atoms. The number of hydrogen-bond donors (Lipinski definition) is 0. The average Bonchev–Trinajstić information content (AvgIpc) is 2.85. The van der Waals surface area contributed by atoms with Crippen LogP contribution in [0.2, 0.25) is 0 Å². The van der Waals surface area contributed by atoms with Gasteiger partial charge in [0.05, 0.1) is 18.4 Å². The predicted octanol–water partition coefficient (Wildman–Crippen LogP) is 5.49. The largest absolute Gasteiger partial charge is 0.479 e. The maximum absolute atomic E-state index is 5.68.